The maximum absolute atomic E-state index is 10.4. The summed E-state index contributed by atoms with van der Waals surface area (Å²) in [5.41, 5.74) is 19.5. The van der Waals surface area contributed by atoms with E-state index in [-0.39, 0.29) is 0 Å². The van der Waals surface area contributed by atoms with Crippen molar-refractivity contribution in [3.05, 3.63) is 232 Å². The fourth-order valence-electron chi connectivity index (χ4n) is 9.03. The van der Waals surface area contributed by atoms with Crippen LogP contribution in [0.3, 0.4) is 0 Å². The summed E-state index contributed by atoms with van der Waals surface area (Å²) in [7, 11) is 0. The van der Waals surface area contributed by atoms with Gasteiger partial charge in [0.15, 0.2) is 0 Å². The Morgan fingerprint density at radius 2 is 0.883 bits per heavy atom. The van der Waals surface area contributed by atoms with Crippen LogP contribution in [0.1, 0.15) is 63.9 Å². The van der Waals surface area contributed by atoms with Crippen LogP contribution in [0, 0.1) is 43.4 Å². The van der Waals surface area contributed by atoms with E-state index >= 15 is 0 Å². The van der Waals surface area contributed by atoms with Crippen molar-refractivity contribution in [2.24, 2.45) is 0 Å². The molecule has 4 nitrogen and oxygen atoms in total. The van der Waals surface area contributed by atoms with Crippen molar-refractivity contribution >= 4 is 28.4 Å². The summed E-state index contributed by atoms with van der Waals surface area (Å²) < 4.78 is 0. The molecule has 1 spiro atoms. The van der Waals surface area contributed by atoms with Crippen molar-refractivity contribution < 1.29 is 0 Å². The number of benzene rings is 7. The highest BCUT2D eigenvalue weighted by molar-refractivity contribution is 5.98. The fourth-order valence-corrected chi connectivity index (χ4v) is 9.03. The van der Waals surface area contributed by atoms with Crippen LogP contribution in [0.4, 0.5) is 28.4 Å². The second-order valence-corrected chi connectivity index (χ2v) is 16.0. The molecule has 0 saturated heterocycles. The third-order valence-corrected chi connectivity index (χ3v) is 12.2. The zero-order chi connectivity index (χ0) is 41.7. The first kappa shape index (κ1) is 37.9. The van der Waals surface area contributed by atoms with Gasteiger partial charge in [0.2, 0.25) is 0 Å². The van der Waals surface area contributed by atoms with Crippen molar-refractivity contribution in [2.45, 2.75) is 40.0 Å². The van der Waals surface area contributed by atoms with Crippen LogP contribution in [0.25, 0.3) is 22.3 Å². The van der Waals surface area contributed by atoms with Gasteiger partial charge >= 0.3 is 0 Å². The quantitative estimate of drug-likeness (QED) is 0.144. The van der Waals surface area contributed by atoms with Crippen LogP contribution in [0.15, 0.2) is 182 Å². The summed E-state index contributed by atoms with van der Waals surface area (Å²) in [6.45, 7) is 15.1. The lowest BCUT2D eigenvalue weighted by atomic mass is 9.70. The Hall–Kier alpha value is -7.66. The van der Waals surface area contributed by atoms with Crippen LogP contribution < -0.4 is 9.80 Å². The molecule has 288 valence electrons. The molecular formula is C56H44N4. The first-order valence-electron chi connectivity index (χ1n) is 20.3. The molecule has 0 amide bonds. The lowest BCUT2D eigenvalue weighted by Gasteiger charge is -2.33. The van der Waals surface area contributed by atoms with Crippen LogP contribution in [-0.4, -0.2) is 0 Å². The topological polar surface area (TPSA) is 54.1 Å². The zero-order valence-corrected chi connectivity index (χ0v) is 34.6. The SMILES string of the molecule is C=C(/C=C\C(C)=C/C)N(c1ccc(C)cc1)c1ccc2c(c1)C1(c3cc(C#N)ccc3-c3ccc(C#N)cc31)c1cc(N(c3ccc(C)cc3)c3ccc(C)cc3)ccc1-2. The molecule has 7 aromatic carbocycles. The Kier molecular flexibility index (Phi) is 9.43. The van der Waals surface area contributed by atoms with Gasteiger partial charge < -0.3 is 9.80 Å². The summed E-state index contributed by atoms with van der Waals surface area (Å²) in [6.07, 6.45) is 6.26. The fraction of sp³-hybridized carbons (Fsp3) is 0.107. The molecule has 0 aromatic heterocycles. The maximum Gasteiger partial charge on any atom is 0.0991 e. The lowest BCUT2D eigenvalue weighted by Crippen LogP contribution is -2.27. The Labute approximate surface area is 353 Å². The standard InChI is InChI=1S/C56H44N4/c1-7-36(2)8-15-40(6)59(43-18-9-37(3)10-19-43)46-24-28-50-51-29-25-47(60(44-20-11-38(4)12-21-44)45-22-13-39(5)14-23-45)33-55(51)56(54(50)32-46)52-30-41(34-57)16-26-48(52)49-27-17-42(35-58)31-53(49)56/h7-33H,6H2,1-5H3/b15-8-,36-7-. The van der Waals surface area contributed by atoms with Gasteiger partial charge in [0.1, 0.15) is 0 Å². The van der Waals surface area contributed by atoms with Gasteiger partial charge in [-0.25, -0.2) is 0 Å². The molecule has 0 heterocycles. The van der Waals surface area contributed by atoms with Gasteiger partial charge in [0, 0.05) is 34.1 Å². The van der Waals surface area contributed by atoms with E-state index in [4.69, 9.17) is 0 Å². The largest absolute Gasteiger partial charge is 0.311 e. The average Bonchev–Trinajstić information content (AvgIpc) is 3.73. The summed E-state index contributed by atoms with van der Waals surface area (Å²) in [4.78, 5) is 4.53. The molecule has 2 aliphatic rings. The van der Waals surface area contributed by atoms with Crippen molar-refractivity contribution in [3.63, 3.8) is 0 Å². The van der Waals surface area contributed by atoms with Gasteiger partial charge in [-0.3, -0.25) is 0 Å². The molecule has 0 radical (unpaired) electrons. The molecule has 0 aliphatic heterocycles. The van der Waals surface area contributed by atoms with Crippen LogP contribution in [0.5, 0.6) is 0 Å². The van der Waals surface area contributed by atoms with E-state index in [1.54, 1.807) is 0 Å². The highest BCUT2D eigenvalue weighted by Crippen LogP contribution is 2.64. The highest BCUT2D eigenvalue weighted by atomic mass is 15.1. The predicted molar refractivity (Wildman–Crippen MR) is 247 cm³/mol. The van der Waals surface area contributed by atoms with E-state index in [1.807, 2.05) is 19.1 Å². The number of nitriles is 2. The van der Waals surface area contributed by atoms with Crippen LogP contribution >= 0.6 is 0 Å². The molecule has 0 N–H and O–H groups in total. The van der Waals surface area contributed by atoms with Gasteiger partial charge in [-0.15, -0.1) is 0 Å². The minimum atomic E-state index is -0.856. The van der Waals surface area contributed by atoms with Crippen LogP contribution in [0.2, 0.25) is 0 Å². The lowest BCUT2D eigenvalue weighted by molar-refractivity contribution is 0.792. The normalized spacial score (nSPS) is 12.9. The number of aryl methyl sites for hydroxylation is 3. The molecule has 7 aromatic rings. The van der Waals surface area contributed by atoms with Crippen molar-refractivity contribution in [3.8, 4) is 34.4 Å². The first-order valence-corrected chi connectivity index (χ1v) is 20.3. The van der Waals surface area contributed by atoms with E-state index in [2.05, 4.69) is 208 Å². The van der Waals surface area contributed by atoms with E-state index in [1.165, 1.54) is 16.7 Å². The predicted octanol–water partition coefficient (Wildman–Crippen LogP) is 14.3. The minimum absolute atomic E-state index is 0.587. The van der Waals surface area contributed by atoms with E-state index in [9.17, 15) is 10.5 Å². The summed E-state index contributed by atoms with van der Waals surface area (Å²) >= 11 is 0. The van der Waals surface area contributed by atoms with Crippen LogP contribution in [-0.2, 0) is 5.41 Å². The molecule has 0 saturated carbocycles. The summed E-state index contributed by atoms with van der Waals surface area (Å²) in [5.74, 6) is 0. The minimum Gasteiger partial charge on any atom is -0.311 e. The summed E-state index contributed by atoms with van der Waals surface area (Å²) in [6, 6.07) is 56.4. The van der Waals surface area contributed by atoms with Crippen molar-refractivity contribution in [1.29, 1.82) is 10.5 Å². The molecule has 0 unspecified atom stereocenters. The van der Waals surface area contributed by atoms with E-state index < -0.39 is 5.41 Å². The number of hydrogen-bond acceptors (Lipinski definition) is 4. The Morgan fingerprint density at radius 1 is 0.500 bits per heavy atom. The Bertz CT molecular complexity index is 2900. The summed E-state index contributed by atoms with van der Waals surface area (Å²) in [5, 5.41) is 20.8. The zero-order valence-electron chi connectivity index (χ0n) is 34.6. The number of anilines is 5. The number of hydrogen-bond donors (Lipinski definition) is 0. The number of allylic oxidation sites excluding steroid dienone is 4. The molecule has 2 aliphatic carbocycles. The molecule has 0 bridgehead atoms. The van der Waals surface area contributed by atoms with Crippen molar-refractivity contribution in [1.82, 2.24) is 0 Å². The van der Waals surface area contributed by atoms with Crippen molar-refractivity contribution in [2.75, 3.05) is 9.80 Å². The monoisotopic (exact) mass is 772 g/mol. The first-order chi connectivity index (χ1) is 29.1. The average molecular weight is 773 g/mol. The molecular weight excluding hydrogens is 729 g/mol. The third-order valence-electron chi connectivity index (χ3n) is 12.2. The molecule has 0 fully saturated rings. The molecule has 4 heteroatoms. The van der Waals surface area contributed by atoms with E-state index in [0.717, 1.165) is 84.2 Å². The number of rotatable bonds is 8. The van der Waals surface area contributed by atoms with Gasteiger partial charge in [-0.05, 0) is 170 Å². The Morgan fingerprint density at radius 3 is 1.33 bits per heavy atom. The number of fused-ring (bicyclic) bond motifs is 10. The van der Waals surface area contributed by atoms with Gasteiger partial charge in [-0.2, -0.15) is 10.5 Å². The smallest absolute Gasteiger partial charge is 0.0991 e. The van der Waals surface area contributed by atoms with Gasteiger partial charge in [0.05, 0.1) is 28.7 Å². The van der Waals surface area contributed by atoms with E-state index in [0.29, 0.717) is 11.1 Å². The number of nitrogens with zero attached hydrogens (tertiary/aromatic N) is 4. The second-order valence-electron chi connectivity index (χ2n) is 16.0. The molecule has 0 atom stereocenters. The maximum atomic E-state index is 10.4. The second kappa shape index (κ2) is 14.9. The van der Waals surface area contributed by atoms with Gasteiger partial charge in [-0.1, -0.05) is 102 Å². The third kappa shape index (κ3) is 6.13. The van der Waals surface area contributed by atoms with Gasteiger partial charge in [0.25, 0.3) is 0 Å². The Balaban J connectivity index is 1.36. The molecule has 9 rings (SSSR count). The highest BCUT2D eigenvalue weighted by Gasteiger charge is 2.52. The molecule has 60 heavy (non-hydrogen) atoms.